The first-order chi connectivity index (χ1) is 10.8. The average molecular weight is 328 g/mol. The Morgan fingerprint density at radius 3 is 2.50 bits per heavy atom. The Kier molecular flexibility index (Phi) is 11.7. The van der Waals surface area contributed by atoms with Gasteiger partial charge in [-0.3, -0.25) is 4.79 Å². The molecule has 0 atom stereocenters. The molecule has 6 heteroatoms. The summed E-state index contributed by atoms with van der Waals surface area (Å²) in [6.07, 6.45) is 0.886. The molecule has 0 heterocycles. The molecule has 124 valence electrons. The van der Waals surface area contributed by atoms with Crippen LogP contribution in [-0.2, 0) is 25.6 Å². The fourth-order valence-electron chi connectivity index (χ4n) is 1.58. The molecule has 0 bridgehead atoms. The van der Waals surface area contributed by atoms with Gasteiger partial charge in [0, 0.05) is 6.61 Å². The Morgan fingerprint density at radius 1 is 1.05 bits per heavy atom. The predicted molar refractivity (Wildman–Crippen MR) is 86.9 cm³/mol. The van der Waals surface area contributed by atoms with E-state index in [0.29, 0.717) is 38.8 Å². The lowest BCUT2D eigenvalue weighted by molar-refractivity contribution is -0.141. The van der Waals surface area contributed by atoms with E-state index in [4.69, 9.17) is 19.3 Å². The van der Waals surface area contributed by atoms with E-state index in [1.165, 1.54) is 0 Å². The maximum absolute atomic E-state index is 11.5. The molecule has 0 unspecified atom stereocenters. The maximum Gasteiger partial charge on any atom is 0.316 e. The van der Waals surface area contributed by atoms with Gasteiger partial charge in [0.2, 0.25) is 0 Å². The number of benzene rings is 1. The topological polar surface area (TPSA) is 65.0 Å². The van der Waals surface area contributed by atoms with E-state index < -0.39 is 0 Å². The SMILES string of the molecule is O=C(CSCCCOCCOCCO)OCc1ccccc1. The second-order valence-corrected chi connectivity index (χ2v) is 5.61. The number of esters is 1. The first-order valence-electron chi connectivity index (χ1n) is 7.36. The zero-order chi connectivity index (χ0) is 15.9. The number of aliphatic hydroxyl groups is 1. The van der Waals surface area contributed by atoms with E-state index in [2.05, 4.69) is 0 Å². The van der Waals surface area contributed by atoms with Crippen LogP contribution < -0.4 is 0 Å². The molecule has 0 amide bonds. The molecule has 1 aromatic rings. The minimum Gasteiger partial charge on any atom is -0.460 e. The first-order valence-corrected chi connectivity index (χ1v) is 8.52. The number of hydrogen-bond acceptors (Lipinski definition) is 6. The highest BCUT2D eigenvalue weighted by Gasteiger charge is 2.03. The smallest absolute Gasteiger partial charge is 0.316 e. The van der Waals surface area contributed by atoms with Crippen molar-refractivity contribution in [3.8, 4) is 0 Å². The largest absolute Gasteiger partial charge is 0.460 e. The number of carbonyl (C=O) groups excluding carboxylic acids is 1. The van der Waals surface area contributed by atoms with E-state index in [0.717, 1.165) is 17.7 Å². The van der Waals surface area contributed by atoms with Crippen LogP contribution in [0.15, 0.2) is 30.3 Å². The lowest BCUT2D eigenvalue weighted by Crippen LogP contribution is -2.09. The summed E-state index contributed by atoms with van der Waals surface area (Å²) >= 11 is 1.55. The third-order valence-electron chi connectivity index (χ3n) is 2.65. The maximum atomic E-state index is 11.5. The molecule has 0 saturated carbocycles. The number of hydrogen-bond donors (Lipinski definition) is 1. The molecule has 0 aromatic heterocycles. The zero-order valence-electron chi connectivity index (χ0n) is 12.7. The molecule has 0 spiro atoms. The van der Waals surface area contributed by atoms with Gasteiger partial charge in [0.25, 0.3) is 0 Å². The molecule has 1 rings (SSSR count). The van der Waals surface area contributed by atoms with Crippen molar-refractivity contribution in [2.75, 3.05) is 44.5 Å². The van der Waals surface area contributed by atoms with Gasteiger partial charge in [-0.2, -0.15) is 11.8 Å². The highest BCUT2D eigenvalue weighted by molar-refractivity contribution is 7.99. The number of rotatable bonds is 13. The highest BCUT2D eigenvalue weighted by atomic mass is 32.2. The van der Waals surface area contributed by atoms with Crippen LogP contribution in [0.4, 0.5) is 0 Å². The monoisotopic (exact) mass is 328 g/mol. The second-order valence-electron chi connectivity index (χ2n) is 4.50. The Balaban J connectivity index is 1.87. The van der Waals surface area contributed by atoms with Crippen LogP contribution >= 0.6 is 11.8 Å². The second kappa shape index (κ2) is 13.6. The summed E-state index contributed by atoms with van der Waals surface area (Å²) < 4.78 is 15.6. The minimum absolute atomic E-state index is 0.0387. The van der Waals surface area contributed by atoms with E-state index in [-0.39, 0.29) is 12.6 Å². The molecule has 1 N–H and O–H groups in total. The molecule has 0 saturated heterocycles. The van der Waals surface area contributed by atoms with E-state index >= 15 is 0 Å². The van der Waals surface area contributed by atoms with Gasteiger partial charge in [-0.1, -0.05) is 30.3 Å². The van der Waals surface area contributed by atoms with Crippen molar-refractivity contribution in [2.45, 2.75) is 13.0 Å². The van der Waals surface area contributed by atoms with Crippen LogP contribution in [-0.4, -0.2) is 55.6 Å². The average Bonchev–Trinajstić information content (AvgIpc) is 2.55. The molecule has 1 aromatic carbocycles. The Hall–Kier alpha value is -1.08. The summed E-state index contributed by atoms with van der Waals surface area (Å²) in [5.74, 6) is 1.04. The van der Waals surface area contributed by atoms with E-state index in [1.807, 2.05) is 30.3 Å². The number of aliphatic hydroxyl groups excluding tert-OH is 1. The van der Waals surface area contributed by atoms with Crippen molar-refractivity contribution in [3.63, 3.8) is 0 Å². The Morgan fingerprint density at radius 2 is 1.77 bits per heavy atom. The molecule has 0 fully saturated rings. The molecule has 22 heavy (non-hydrogen) atoms. The van der Waals surface area contributed by atoms with Crippen molar-refractivity contribution >= 4 is 17.7 Å². The molecular formula is C16H24O5S. The van der Waals surface area contributed by atoms with E-state index in [1.54, 1.807) is 11.8 Å². The summed E-state index contributed by atoms with van der Waals surface area (Å²) in [5, 5.41) is 8.51. The first kappa shape index (κ1) is 19.0. The van der Waals surface area contributed by atoms with Crippen LogP contribution in [0.3, 0.4) is 0 Å². The fraction of sp³-hybridized carbons (Fsp3) is 0.562. The van der Waals surface area contributed by atoms with E-state index in [9.17, 15) is 4.79 Å². The number of carbonyl (C=O) groups is 1. The van der Waals surface area contributed by atoms with Crippen molar-refractivity contribution in [2.24, 2.45) is 0 Å². The van der Waals surface area contributed by atoms with Gasteiger partial charge in [0.1, 0.15) is 6.61 Å². The van der Waals surface area contributed by atoms with Gasteiger partial charge in [-0.15, -0.1) is 0 Å². The number of ether oxygens (including phenoxy) is 3. The minimum atomic E-state index is -0.188. The summed E-state index contributed by atoms with van der Waals surface area (Å²) in [6, 6.07) is 9.64. The van der Waals surface area contributed by atoms with Crippen LogP contribution in [0.2, 0.25) is 0 Å². The van der Waals surface area contributed by atoms with Gasteiger partial charge in [-0.05, 0) is 17.7 Å². The van der Waals surface area contributed by atoms with Crippen molar-refractivity contribution in [1.29, 1.82) is 0 Å². The Bertz CT molecular complexity index is 385. The molecule has 0 aliphatic heterocycles. The van der Waals surface area contributed by atoms with Gasteiger partial charge >= 0.3 is 5.97 Å². The van der Waals surface area contributed by atoms with Gasteiger partial charge in [-0.25, -0.2) is 0 Å². The van der Waals surface area contributed by atoms with Crippen molar-refractivity contribution < 1.29 is 24.1 Å². The third-order valence-corrected chi connectivity index (χ3v) is 3.66. The quantitative estimate of drug-likeness (QED) is 0.440. The zero-order valence-corrected chi connectivity index (χ0v) is 13.6. The summed E-state index contributed by atoms with van der Waals surface area (Å²) in [7, 11) is 0. The van der Waals surface area contributed by atoms with Crippen molar-refractivity contribution in [3.05, 3.63) is 35.9 Å². The lowest BCUT2D eigenvalue weighted by atomic mass is 10.2. The molecule has 5 nitrogen and oxygen atoms in total. The van der Waals surface area contributed by atoms with Crippen LogP contribution in [0.5, 0.6) is 0 Å². The van der Waals surface area contributed by atoms with Crippen LogP contribution in [0.1, 0.15) is 12.0 Å². The van der Waals surface area contributed by atoms with Gasteiger partial charge in [0.05, 0.1) is 32.2 Å². The summed E-state index contributed by atoms with van der Waals surface area (Å²) in [5.41, 5.74) is 0.998. The molecule has 0 aliphatic rings. The fourth-order valence-corrected chi connectivity index (χ4v) is 2.30. The summed E-state index contributed by atoms with van der Waals surface area (Å²) in [4.78, 5) is 11.5. The van der Waals surface area contributed by atoms with Crippen molar-refractivity contribution in [1.82, 2.24) is 0 Å². The lowest BCUT2D eigenvalue weighted by Gasteiger charge is -2.06. The third kappa shape index (κ3) is 10.6. The predicted octanol–water partition coefficient (Wildman–Crippen LogP) is 1.88. The van der Waals surface area contributed by atoms with Crippen LogP contribution in [0.25, 0.3) is 0 Å². The van der Waals surface area contributed by atoms with Gasteiger partial charge in [0.15, 0.2) is 0 Å². The standard InChI is InChI=1S/C16H24O5S/c17-7-9-20-11-10-19-8-4-12-22-14-16(18)21-13-15-5-2-1-3-6-15/h1-3,5-6,17H,4,7-14H2. The molecule has 0 radical (unpaired) electrons. The molecular weight excluding hydrogens is 304 g/mol. The normalized spacial score (nSPS) is 10.6. The summed E-state index contributed by atoms with van der Waals surface area (Å²) in [6.45, 7) is 2.40. The van der Waals surface area contributed by atoms with Crippen LogP contribution in [0, 0.1) is 0 Å². The van der Waals surface area contributed by atoms with Gasteiger partial charge < -0.3 is 19.3 Å². The number of thioether (sulfide) groups is 1. The Labute approximate surface area is 136 Å². The highest BCUT2D eigenvalue weighted by Crippen LogP contribution is 2.06. The molecule has 0 aliphatic carbocycles.